The summed E-state index contributed by atoms with van der Waals surface area (Å²) in [7, 11) is 0. The normalized spacial score (nSPS) is 11.2. The molecule has 0 unspecified atom stereocenters. The van der Waals surface area contributed by atoms with Gasteiger partial charge in [-0.2, -0.15) is 0 Å². The molecular formula is C19H17N3O3S. The van der Waals surface area contributed by atoms with Crippen molar-refractivity contribution < 1.29 is 9.21 Å². The summed E-state index contributed by atoms with van der Waals surface area (Å²) < 4.78 is 7.11. The Balaban J connectivity index is 1.60. The number of hydrogen-bond acceptors (Lipinski definition) is 4. The number of carbonyl (C=O) groups is 1. The van der Waals surface area contributed by atoms with Crippen LogP contribution in [0.15, 0.2) is 51.0 Å². The van der Waals surface area contributed by atoms with E-state index in [4.69, 9.17) is 4.42 Å². The molecule has 0 saturated carbocycles. The van der Waals surface area contributed by atoms with E-state index in [1.54, 1.807) is 29.5 Å². The van der Waals surface area contributed by atoms with Crippen molar-refractivity contribution in [2.24, 2.45) is 0 Å². The van der Waals surface area contributed by atoms with Crippen molar-refractivity contribution >= 4 is 34.0 Å². The zero-order valence-electron chi connectivity index (χ0n) is 14.3. The van der Waals surface area contributed by atoms with Gasteiger partial charge in [0.05, 0.1) is 17.6 Å². The summed E-state index contributed by atoms with van der Waals surface area (Å²) >= 11 is 1.70. The predicted octanol–water partition coefficient (Wildman–Crippen LogP) is 3.90. The van der Waals surface area contributed by atoms with E-state index in [1.807, 2.05) is 31.4 Å². The molecule has 2 N–H and O–H groups in total. The largest absolute Gasteiger partial charge is 0.417 e. The highest BCUT2D eigenvalue weighted by Crippen LogP contribution is 2.21. The molecular weight excluding hydrogens is 350 g/mol. The van der Waals surface area contributed by atoms with Gasteiger partial charge in [0.15, 0.2) is 5.58 Å². The molecule has 132 valence electrons. The fraction of sp³-hybridized carbons (Fsp3) is 0.158. The average molecular weight is 367 g/mol. The Kier molecular flexibility index (Phi) is 4.00. The van der Waals surface area contributed by atoms with Gasteiger partial charge in [0, 0.05) is 22.0 Å². The molecule has 7 heteroatoms. The first-order valence-electron chi connectivity index (χ1n) is 8.14. The summed E-state index contributed by atoms with van der Waals surface area (Å²) in [6.07, 6.45) is 0. The number of aromatic amines is 1. The number of nitrogens with one attached hydrogen (secondary N) is 2. The number of thiophene rings is 1. The highest BCUT2D eigenvalue weighted by molar-refractivity contribution is 7.09. The number of anilines is 1. The minimum atomic E-state index is -0.513. The Hall–Kier alpha value is -3.06. The minimum Gasteiger partial charge on any atom is -0.408 e. The number of benzene rings is 1. The van der Waals surface area contributed by atoms with E-state index < -0.39 is 5.76 Å². The molecule has 0 radical (unpaired) electrons. The molecule has 4 rings (SSSR count). The number of H-pyrrole nitrogens is 1. The van der Waals surface area contributed by atoms with E-state index in [0.29, 0.717) is 22.4 Å². The van der Waals surface area contributed by atoms with Crippen molar-refractivity contribution in [1.82, 2.24) is 9.55 Å². The van der Waals surface area contributed by atoms with Crippen molar-refractivity contribution in [3.05, 3.63) is 74.2 Å². The topological polar surface area (TPSA) is 80.0 Å². The minimum absolute atomic E-state index is 0.180. The van der Waals surface area contributed by atoms with Gasteiger partial charge in [0.2, 0.25) is 0 Å². The van der Waals surface area contributed by atoms with E-state index in [-0.39, 0.29) is 5.91 Å². The Morgan fingerprint density at radius 3 is 2.88 bits per heavy atom. The van der Waals surface area contributed by atoms with Gasteiger partial charge in [-0.05, 0) is 49.6 Å². The third-order valence-corrected chi connectivity index (χ3v) is 5.25. The molecule has 1 amide bonds. The van der Waals surface area contributed by atoms with Gasteiger partial charge in [0.1, 0.15) is 0 Å². The maximum Gasteiger partial charge on any atom is 0.417 e. The second kappa shape index (κ2) is 6.34. The molecule has 0 fully saturated rings. The molecule has 0 aliphatic heterocycles. The lowest BCUT2D eigenvalue weighted by molar-refractivity contribution is 0.102. The molecule has 4 aromatic rings. The zero-order chi connectivity index (χ0) is 18.3. The van der Waals surface area contributed by atoms with E-state index in [2.05, 4.69) is 20.9 Å². The molecule has 6 nitrogen and oxygen atoms in total. The number of nitrogens with zero attached hydrogens (tertiary/aromatic N) is 1. The highest BCUT2D eigenvalue weighted by atomic mass is 32.1. The van der Waals surface area contributed by atoms with Crippen molar-refractivity contribution in [1.29, 1.82) is 0 Å². The van der Waals surface area contributed by atoms with Gasteiger partial charge in [-0.3, -0.25) is 9.78 Å². The lowest BCUT2D eigenvalue weighted by Gasteiger charge is -2.09. The van der Waals surface area contributed by atoms with Crippen molar-refractivity contribution in [2.45, 2.75) is 20.4 Å². The van der Waals surface area contributed by atoms with Gasteiger partial charge in [-0.25, -0.2) is 4.79 Å². The average Bonchev–Trinajstić information content (AvgIpc) is 3.30. The first-order chi connectivity index (χ1) is 12.5. The summed E-state index contributed by atoms with van der Waals surface area (Å²) in [5.41, 5.74) is 4.21. The van der Waals surface area contributed by atoms with Crippen LogP contribution in [0, 0.1) is 13.8 Å². The molecule has 0 aliphatic rings. The van der Waals surface area contributed by atoms with Gasteiger partial charge >= 0.3 is 5.76 Å². The number of aryl methyl sites for hydroxylation is 1. The summed E-state index contributed by atoms with van der Waals surface area (Å²) in [6, 6.07) is 11.1. The number of hydrogen-bond donors (Lipinski definition) is 2. The van der Waals surface area contributed by atoms with Gasteiger partial charge in [-0.15, -0.1) is 11.3 Å². The standard InChI is InChI=1S/C19H17N3O3S/c1-11-8-15(12(2)22(11)10-14-4-3-7-26-14)18(23)20-13-5-6-17-16(9-13)21-19(24)25-17/h3-9H,10H2,1-2H3,(H,20,23)(H,21,24). The van der Waals surface area contributed by atoms with Crippen LogP contribution in [-0.2, 0) is 6.54 Å². The molecule has 3 aromatic heterocycles. The van der Waals surface area contributed by atoms with Crippen LogP contribution in [-0.4, -0.2) is 15.5 Å². The van der Waals surface area contributed by atoms with Crippen LogP contribution in [0.3, 0.4) is 0 Å². The van der Waals surface area contributed by atoms with Crippen LogP contribution in [0.2, 0.25) is 0 Å². The first-order valence-corrected chi connectivity index (χ1v) is 9.02. The Morgan fingerprint density at radius 2 is 2.12 bits per heavy atom. The second-order valence-corrected chi connectivity index (χ2v) is 7.16. The summed E-state index contributed by atoms with van der Waals surface area (Å²) in [5, 5.41) is 4.94. The zero-order valence-corrected chi connectivity index (χ0v) is 15.1. The Labute approximate surface area is 153 Å². The van der Waals surface area contributed by atoms with Gasteiger partial charge < -0.3 is 14.3 Å². The lowest BCUT2D eigenvalue weighted by atomic mass is 10.2. The predicted molar refractivity (Wildman–Crippen MR) is 102 cm³/mol. The first kappa shape index (κ1) is 16.4. The smallest absolute Gasteiger partial charge is 0.408 e. The lowest BCUT2D eigenvalue weighted by Crippen LogP contribution is -2.13. The Bertz CT molecular complexity index is 1150. The molecule has 0 atom stereocenters. The summed E-state index contributed by atoms with van der Waals surface area (Å²) in [4.78, 5) is 27.8. The van der Waals surface area contributed by atoms with Crippen LogP contribution in [0.25, 0.3) is 11.1 Å². The van der Waals surface area contributed by atoms with Crippen LogP contribution in [0.1, 0.15) is 26.6 Å². The Morgan fingerprint density at radius 1 is 1.27 bits per heavy atom. The van der Waals surface area contributed by atoms with Crippen LogP contribution < -0.4 is 11.1 Å². The highest BCUT2D eigenvalue weighted by Gasteiger charge is 2.16. The fourth-order valence-corrected chi connectivity index (χ4v) is 3.75. The number of rotatable bonds is 4. The van der Waals surface area contributed by atoms with Gasteiger partial charge in [-0.1, -0.05) is 6.07 Å². The van der Waals surface area contributed by atoms with E-state index in [9.17, 15) is 9.59 Å². The molecule has 3 heterocycles. The number of oxazole rings is 1. The van der Waals surface area contributed by atoms with Crippen LogP contribution >= 0.6 is 11.3 Å². The molecule has 0 spiro atoms. The second-order valence-electron chi connectivity index (χ2n) is 6.13. The number of aromatic nitrogens is 2. The van der Waals surface area contributed by atoms with Crippen molar-refractivity contribution in [3.63, 3.8) is 0 Å². The van der Waals surface area contributed by atoms with E-state index in [1.165, 1.54) is 4.88 Å². The monoisotopic (exact) mass is 367 g/mol. The number of amides is 1. The third-order valence-electron chi connectivity index (χ3n) is 4.39. The van der Waals surface area contributed by atoms with Crippen LogP contribution in [0.4, 0.5) is 5.69 Å². The molecule has 1 aromatic carbocycles. The van der Waals surface area contributed by atoms with Crippen molar-refractivity contribution in [2.75, 3.05) is 5.32 Å². The SMILES string of the molecule is Cc1cc(C(=O)Nc2ccc3oc(=O)[nH]c3c2)c(C)n1Cc1cccs1. The molecule has 26 heavy (non-hydrogen) atoms. The van der Waals surface area contributed by atoms with Gasteiger partial charge in [0.25, 0.3) is 5.91 Å². The van der Waals surface area contributed by atoms with Crippen molar-refractivity contribution in [3.8, 4) is 0 Å². The van der Waals surface area contributed by atoms with Crippen LogP contribution in [0.5, 0.6) is 0 Å². The van der Waals surface area contributed by atoms with E-state index >= 15 is 0 Å². The fourth-order valence-electron chi connectivity index (χ4n) is 3.06. The number of fused-ring (bicyclic) bond motifs is 1. The molecule has 0 saturated heterocycles. The quantitative estimate of drug-likeness (QED) is 0.574. The summed E-state index contributed by atoms with van der Waals surface area (Å²) in [6.45, 7) is 4.71. The number of carbonyl (C=O) groups excluding carboxylic acids is 1. The summed E-state index contributed by atoms with van der Waals surface area (Å²) in [5.74, 6) is -0.693. The maximum absolute atomic E-state index is 12.7. The van der Waals surface area contributed by atoms with E-state index in [0.717, 1.165) is 17.9 Å². The molecule has 0 aliphatic carbocycles. The third kappa shape index (κ3) is 2.97. The molecule has 0 bridgehead atoms. The maximum atomic E-state index is 12.7.